The van der Waals surface area contributed by atoms with E-state index in [9.17, 15) is 9.59 Å². The summed E-state index contributed by atoms with van der Waals surface area (Å²) in [5.41, 5.74) is 9.22. The predicted octanol–water partition coefficient (Wildman–Crippen LogP) is 4.70. The molecule has 1 unspecified atom stereocenters. The topological polar surface area (TPSA) is 141 Å². The molecular weight excluding hydrogens is 541 g/mol. The Morgan fingerprint density at radius 3 is 2.67 bits per heavy atom. The Morgan fingerprint density at radius 1 is 1.21 bits per heavy atom. The van der Waals surface area contributed by atoms with Gasteiger partial charge in [0, 0.05) is 34.1 Å². The van der Waals surface area contributed by atoms with E-state index in [1.807, 2.05) is 13.8 Å². The fourth-order valence-corrected chi connectivity index (χ4v) is 4.49. The van der Waals surface area contributed by atoms with Crippen molar-refractivity contribution in [3.8, 4) is 16.9 Å². The van der Waals surface area contributed by atoms with Gasteiger partial charge >= 0.3 is 0 Å². The maximum absolute atomic E-state index is 13.4. The van der Waals surface area contributed by atoms with Crippen molar-refractivity contribution >= 4 is 51.5 Å². The second-order valence-corrected chi connectivity index (χ2v) is 9.58. The van der Waals surface area contributed by atoms with Crippen molar-refractivity contribution < 1.29 is 9.53 Å². The van der Waals surface area contributed by atoms with E-state index in [2.05, 4.69) is 15.3 Å². The number of hydrazine groups is 1. The minimum absolute atomic E-state index is 0.0359. The van der Waals surface area contributed by atoms with Crippen LogP contribution in [-0.4, -0.2) is 27.6 Å². The summed E-state index contributed by atoms with van der Waals surface area (Å²) >= 11 is 12.1. The average molecular weight is 568 g/mol. The number of halogens is 2. The Hall–Kier alpha value is -4.12. The number of hydrogen-bond acceptors (Lipinski definition) is 8. The van der Waals surface area contributed by atoms with Crippen LogP contribution in [0.5, 0.6) is 5.75 Å². The summed E-state index contributed by atoms with van der Waals surface area (Å²) in [6.07, 6.45) is 4.84. The lowest BCUT2D eigenvalue weighted by molar-refractivity contribution is -0.119. The van der Waals surface area contributed by atoms with E-state index in [1.165, 1.54) is 35.1 Å². The van der Waals surface area contributed by atoms with Crippen molar-refractivity contribution in [3.63, 3.8) is 0 Å². The van der Waals surface area contributed by atoms with Crippen LogP contribution in [0, 0.1) is 6.92 Å². The van der Waals surface area contributed by atoms with Crippen LogP contribution in [-0.2, 0) is 4.79 Å². The molecule has 0 aliphatic heterocycles. The van der Waals surface area contributed by atoms with Crippen molar-refractivity contribution in [2.45, 2.75) is 26.3 Å². The first-order valence-corrected chi connectivity index (χ1v) is 12.7. The number of amides is 1. The van der Waals surface area contributed by atoms with Crippen molar-refractivity contribution in [2.75, 3.05) is 17.4 Å². The summed E-state index contributed by atoms with van der Waals surface area (Å²) in [7, 11) is 1.47. The maximum atomic E-state index is 13.4. The average Bonchev–Trinajstić information content (AvgIpc) is 2.89. The van der Waals surface area contributed by atoms with Crippen LogP contribution in [0.4, 0.5) is 11.4 Å². The largest absolute Gasteiger partial charge is 0.495 e. The number of hydrogen-bond donors (Lipinski definition) is 3. The van der Waals surface area contributed by atoms with E-state index in [-0.39, 0.29) is 11.1 Å². The first kappa shape index (κ1) is 27.9. The zero-order valence-electron chi connectivity index (χ0n) is 21.5. The number of nitrogens with two attached hydrogens (primary N) is 2. The first-order chi connectivity index (χ1) is 18.6. The van der Waals surface area contributed by atoms with E-state index in [4.69, 9.17) is 39.5 Å². The van der Waals surface area contributed by atoms with E-state index in [0.29, 0.717) is 50.7 Å². The van der Waals surface area contributed by atoms with Crippen LogP contribution in [0.25, 0.3) is 22.2 Å². The summed E-state index contributed by atoms with van der Waals surface area (Å²) in [6, 6.07) is 10.8. The number of ether oxygens (including phenoxy) is 1. The summed E-state index contributed by atoms with van der Waals surface area (Å²) in [4.78, 5) is 35.5. The quantitative estimate of drug-likeness (QED) is 0.158. The van der Waals surface area contributed by atoms with Crippen LogP contribution >= 0.6 is 23.2 Å². The highest BCUT2D eigenvalue weighted by molar-refractivity contribution is 6.31. The van der Waals surface area contributed by atoms with Gasteiger partial charge in [-0.25, -0.2) is 10.8 Å². The Bertz CT molecular complexity index is 1630. The summed E-state index contributed by atoms with van der Waals surface area (Å²) < 4.78 is 6.97. The lowest BCUT2D eigenvalue weighted by Gasteiger charge is -2.22. The van der Waals surface area contributed by atoms with E-state index >= 15 is 0 Å². The van der Waals surface area contributed by atoms with Crippen LogP contribution in [0.3, 0.4) is 0 Å². The molecule has 2 aromatic heterocycles. The smallest absolute Gasteiger partial charge is 0.252 e. The minimum atomic E-state index is -0.816. The number of methoxy groups -OCH3 is 1. The van der Waals surface area contributed by atoms with Crippen LogP contribution in [0.15, 0.2) is 71.0 Å². The molecule has 0 spiro atoms. The van der Waals surface area contributed by atoms with Crippen LogP contribution in [0.1, 0.15) is 25.1 Å². The third-order valence-corrected chi connectivity index (χ3v) is 6.34. The molecule has 1 atom stereocenters. The van der Waals surface area contributed by atoms with Gasteiger partial charge in [0.25, 0.3) is 5.56 Å². The number of pyridine rings is 1. The number of fused-ring (bicyclic) bond motifs is 1. The molecule has 0 bridgehead atoms. The van der Waals surface area contributed by atoms with Gasteiger partial charge < -0.3 is 15.8 Å². The lowest BCUT2D eigenvalue weighted by atomic mass is 10.0. The Balaban J connectivity index is 1.72. The zero-order valence-corrected chi connectivity index (χ0v) is 23.0. The van der Waals surface area contributed by atoms with Gasteiger partial charge in [0.2, 0.25) is 5.91 Å². The normalized spacial score (nSPS) is 12.3. The molecule has 5 N–H and O–H groups in total. The summed E-state index contributed by atoms with van der Waals surface area (Å²) in [5, 5.41) is 4.48. The number of nitrogens with one attached hydrogen (secondary N) is 1. The number of nitrogens with zero attached hydrogens (tertiary/aromatic N) is 4. The molecule has 0 aliphatic rings. The number of anilines is 2. The molecule has 0 aliphatic carbocycles. The third-order valence-electron chi connectivity index (χ3n) is 6.01. The van der Waals surface area contributed by atoms with Crippen molar-refractivity contribution in [1.29, 1.82) is 0 Å². The van der Waals surface area contributed by atoms with Gasteiger partial charge in [-0.05, 0) is 49.7 Å². The molecule has 0 radical (unpaired) electrons. The molecular formula is C27H27Cl2N7O3. The summed E-state index contributed by atoms with van der Waals surface area (Å²) in [5.74, 6) is 6.10. The monoisotopic (exact) mass is 567 g/mol. The predicted molar refractivity (Wildman–Crippen MR) is 155 cm³/mol. The highest BCUT2D eigenvalue weighted by Crippen LogP contribution is 2.37. The number of carbonyl (C=O) groups is 1. The fourth-order valence-electron chi connectivity index (χ4n) is 4.21. The molecule has 39 heavy (non-hydrogen) atoms. The van der Waals surface area contributed by atoms with Gasteiger partial charge in [-0.15, -0.1) is 0 Å². The zero-order chi connectivity index (χ0) is 28.3. The van der Waals surface area contributed by atoms with E-state index < -0.39 is 11.6 Å². The molecule has 4 rings (SSSR count). The molecule has 1 amide bonds. The summed E-state index contributed by atoms with van der Waals surface area (Å²) in [6.45, 7) is 3.66. The highest BCUT2D eigenvalue weighted by Gasteiger charge is 2.23. The Kier molecular flexibility index (Phi) is 8.39. The molecule has 0 fully saturated rings. The molecule has 4 aromatic rings. The molecule has 2 aromatic carbocycles. The highest BCUT2D eigenvalue weighted by atomic mass is 35.5. The minimum Gasteiger partial charge on any atom is -0.495 e. The van der Waals surface area contributed by atoms with Gasteiger partial charge in [-0.3, -0.25) is 24.1 Å². The van der Waals surface area contributed by atoms with Gasteiger partial charge in [0.15, 0.2) is 0 Å². The lowest BCUT2D eigenvalue weighted by Crippen LogP contribution is -2.32. The number of benzene rings is 2. The van der Waals surface area contributed by atoms with E-state index in [1.54, 1.807) is 42.6 Å². The van der Waals surface area contributed by atoms with Crippen molar-refractivity contribution in [1.82, 2.24) is 14.5 Å². The molecule has 10 nitrogen and oxygen atoms in total. The van der Waals surface area contributed by atoms with Gasteiger partial charge in [-0.2, -0.15) is 0 Å². The number of carbonyl (C=O) groups excluding carboxylic acids is 1. The maximum Gasteiger partial charge on any atom is 0.252 e. The molecule has 202 valence electrons. The second-order valence-electron chi connectivity index (χ2n) is 8.71. The molecule has 2 heterocycles. The van der Waals surface area contributed by atoms with Gasteiger partial charge in [-0.1, -0.05) is 30.1 Å². The Morgan fingerprint density at radius 2 is 1.97 bits per heavy atom. The number of rotatable bonds is 8. The third kappa shape index (κ3) is 6.14. The Labute approximate surface area is 234 Å². The fraction of sp³-hybridized carbons (Fsp3) is 0.185. The van der Waals surface area contributed by atoms with Gasteiger partial charge in [0.1, 0.15) is 16.9 Å². The van der Waals surface area contributed by atoms with E-state index in [0.717, 1.165) is 5.69 Å². The molecule has 12 heteroatoms. The SMILES string of the molecule is CCC(C(=O)Nc1ccc2ncc(C)nc2c1)n1cc(OC)c(-c2cc(Cl)ccc2N(N)/C=C(\N)Cl)cc1=O. The van der Waals surface area contributed by atoms with Crippen molar-refractivity contribution in [3.05, 3.63) is 87.3 Å². The van der Waals surface area contributed by atoms with Crippen molar-refractivity contribution in [2.24, 2.45) is 11.6 Å². The molecule has 0 saturated heterocycles. The van der Waals surface area contributed by atoms with Gasteiger partial charge in [0.05, 0.1) is 41.9 Å². The number of aromatic nitrogens is 3. The molecule has 0 saturated carbocycles. The standard InChI is InChI=1S/C27H27Cl2N7O3/c1-4-22(27(38)34-17-6-7-20-21(10-17)33-15(2)12-32-20)35-13-24(39-3)19(11-26(35)37)18-9-16(28)5-8-23(18)36(31)14-25(29)30/h5-14,22H,4,30-31H2,1-3H3,(H,34,38)/b25-14-. The number of aryl methyl sites for hydroxylation is 1. The second kappa shape index (κ2) is 11.7. The van der Waals surface area contributed by atoms with Crippen LogP contribution in [0.2, 0.25) is 5.02 Å². The van der Waals surface area contributed by atoms with Crippen LogP contribution < -0.4 is 32.2 Å². The first-order valence-electron chi connectivity index (χ1n) is 11.9.